The van der Waals surface area contributed by atoms with Crippen LogP contribution in [0.5, 0.6) is 0 Å². The van der Waals surface area contributed by atoms with Gasteiger partial charge in [0.05, 0.1) is 11.9 Å². The van der Waals surface area contributed by atoms with Gasteiger partial charge in [0.1, 0.15) is 5.52 Å². The van der Waals surface area contributed by atoms with Crippen LogP contribution in [0, 0.1) is 0 Å². The number of hydrogen-bond donors (Lipinski definition) is 1. The highest BCUT2D eigenvalue weighted by Crippen LogP contribution is 2.10. The summed E-state index contributed by atoms with van der Waals surface area (Å²) in [6.07, 6.45) is 1.58. The van der Waals surface area contributed by atoms with Crippen molar-refractivity contribution < 1.29 is 4.52 Å². The molecule has 0 saturated heterocycles. The van der Waals surface area contributed by atoms with E-state index in [-0.39, 0.29) is 0 Å². The SMILES string of the molecule is NCc1ccc2oncc2n1. The second kappa shape index (κ2) is 2.32. The van der Waals surface area contributed by atoms with Gasteiger partial charge < -0.3 is 10.3 Å². The van der Waals surface area contributed by atoms with Gasteiger partial charge in [-0.25, -0.2) is 4.98 Å². The van der Waals surface area contributed by atoms with Crippen molar-refractivity contribution >= 4 is 11.1 Å². The summed E-state index contributed by atoms with van der Waals surface area (Å²) in [5.74, 6) is 0. The molecule has 56 valence electrons. The number of aromatic nitrogens is 2. The van der Waals surface area contributed by atoms with Crippen LogP contribution in [0.3, 0.4) is 0 Å². The van der Waals surface area contributed by atoms with Gasteiger partial charge in [-0.3, -0.25) is 0 Å². The van der Waals surface area contributed by atoms with E-state index >= 15 is 0 Å². The minimum Gasteiger partial charge on any atom is -0.355 e. The molecule has 0 saturated carbocycles. The van der Waals surface area contributed by atoms with Crippen molar-refractivity contribution in [3.05, 3.63) is 24.0 Å². The van der Waals surface area contributed by atoms with Gasteiger partial charge in [0.25, 0.3) is 0 Å². The second-order valence-electron chi connectivity index (χ2n) is 2.22. The van der Waals surface area contributed by atoms with Crippen molar-refractivity contribution in [2.45, 2.75) is 6.54 Å². The summed E-state index contributed by atoms with van der Waals surface area (Å²) in [6, 6.07) is 3.64. The molecule has 0 aliphatic rings. The highest BCUT2D eigenvalue weighted by molar-refractivity contribution is 5.70. The lowest BCUT2D eigenvalue weighted by Gasteiger charge is -1.91. The highest BCUT2D eigenvalue weighted by Gasteiger charge is 1.99. The van der Waals surface area contributed by atoms with Crippen LogP contribution in [-0.4, -0.2) is 10.1 Å². The van der Waals surface area contributed by atoms with Gasteiger partial charge in [0, 0.05) is 6.54 Å². The van der Waals surface area contributed by atoms with Gasteiger partial charge >= 0.3 is 0 Å². The Morgan fingerprint density at radius 2 is 2.36 bits per heavy atom. The van der Waals surface area contributed by atoms with Crippen LogP contribution in [0.15, 0.2) is 22.9 Å². The molecule has 0 bridgehead atoms. The van der Waals surface area contributed by atoms with Crippen LogP contribution in [0.4, 0.5) is 0 Å². The van der Waals surface area contributed by atoms with Crippen molar-refractivity contribution in [2.75, 3.05) is 0 Å². The fourth-order valence-corrected chi connectivity index (χ4v) is 0.921. The molecule has 0 aromatic carbocycles. The molecule has 2 heterocycles. The van der Waals surface area contributed by atoms with E-state index in [1.165, 1.54) is 0 Å². The molecule has 2 rings (SSSR count). The number of pyridine rings is 1. The summed E-state index contributed by atoms with van der Waals surface area (Å²) in [7, 11) is 0. The van der Waals surface area contributed by atoms with Gasteiger partial charge in [0.15, 0.2) is 5.58 Å². The lowest BCUT2D eigenvalue weighted by Crippen LogP contribution is -1.98. The van der Waals surface area contributed by atoms with Crippen LogP contribution in [-0.2, 0) is 6.54 Å². The third-order valence-corrected chi connectivity index (χ3v) is 1.48. The zero-order valence-electron chi connectivity index (χ0n) is 5.82. The molecule has 0 unspecified atom stereocenters. The summed E-state index contributed by atoms with van der Waals surface area (Å²) >= 11 is 0. The van der Waals surface area contributed by atoms with Crippen molar-refractivity contribution in [1.29, 1.82) is 0 Å². The van der Waals surface area contributed by atoms with E-state index in [0.717, 1.165) is 11.2 Å². The molecule has 0 radical (unpaired) electrons. The minimum absolute atomic E-state index is 0.446. The molecular formula is C7H7N3O. The molecule has 0 fully saturated rings. The lowest BCUT2D eigenvalue weighted by molar-refractivity contribution is 0.456. The molecule has 11 heavy (non-hydrogen) atoms. The molecule has 0 atom stereocenters. The molecule has 0 spiro atoms. The van der Waals surface area contributed by atoms with E-state index in [4.69, 9.17) is 10.3 Å². The minimum atomic E-state index is 0.446. The maximum absolute atomic E-state index is 5.40. The smallest absolute Gasteiger partial charge is 0.185 e. The summed E-state index contributed by atoms with van der Waals surface area (Å²) in [6.45, 7) is 0.446. The summed E-state index contributed by atoms with van der Waals surface area (Å²) < 4.78 is 4.86. The van der Waals surface area contributed by atoms with Crippen LogP contribution in [0.1, 0.15) is 5.69 Å². The maximum Gasteiger partial charge on any atom is 0.185 e. The summed E-state index contributed by atoms with van der Waals surface area (Å²) in [4.78, 5) is 4.17. The van der Waals surface area contributed by atoms with Crippen LogP contribution >= 0.6 is 0 Å². The number of hydrogen-bond acceptors (Lipinski definition) is 4. The fraction of sp³-hybridized carbons (Fsp3) is 0.143. The third-order valence-electron chi connectivity index (χ3n) is 1.48. The Balaban J connectivity index is 2.67. The first-order valence-corrected chi connectivity index (χ1v) is 3.30. The molecule has 4 nitrogen and oxygen atoms in total. The van der Waals surface area contributed by atoms with Crippen molar-refractivity contribution in [2.24, 2.45) is 5.73 Å². The Morgan fingerprint density at radius 3 is 3.18 bits per heavy atom. The number of nitrogens with two attached hydrogens (primary N) is 1. The topological polar surface area (TPSA) is 64.9 Å². The average molecular weight is 149 g/mol. The van der Waals surface area contributed by atoms with Crippen LogP contribution in [0.25, 0.3) is 11.1 Å². The number of nitrogens with zero attached hydrogens (tertiary/aromatic N) is 2. The molecular weight excluding hydrogens is 142 g/mol. The first-order chi connectivity index (χ1) is 5.40. The normalized spacial score (nSPS) is 10.6. The standard InChI is InChI=1S/C7H7N3O/c8-3-5-1-2-7-6(10-5)4-9-11-7/h1-2,4H,3,8H2. The summed E-state index contributed by atoms with van der Waals surface area (Å²) in [5.41, 5.74) is 7.70. The molecule has 4 heteroatoms. The van der Waals surface area contributed by atoms with E-state index in [1.54, 1.807) is 6.20 Å². The second-order valence-corrected chi connectivity index (χ2v) is 2.22. The van der Waals surface area contributed by atoms with Gasteiger partial charge in [-0.05, 0) is 12.1 Å². The van der Waals surface area contributed by atoms with Gasteiger partial charge in [0.2, 0.25) is 0 Å². The Kier molecular flexibility index (Phi) is 1.33. The summed E-state index contributed by atoms with van der Waals surface area (Å²) in [5, 5.41) is 3.60. The molecule has 2 N–H and O–H groups in total. The Bertz CT molecular complexity index is 368. The van der Waals surface area contributed by atoms with Gasteiger partial charge in [-0.15, -0.1) is 0 Å². The zero-order chi connectivity index (χ0) is 7.68. The average Bonchev–Trinajstić information content (AvgIpc) is 2.50. The maximum atomic E-state index is 5.40. The van der Waals surface area contributed by atoms with E-state index in [0.29, 0.717) is 12.1 Å². The van der Waals surface area contributed by atoms with Crippen molar-refractivity contribution in [3.8, 4) is 0 Å². The number of rotatable bonds is 1. The van der Waals surface area contributed by atoms with Gasteiger partial charge in [-0.2, -0.15) is 0 Å². The Morgan fingerprint density at radius 1 is 1.45 bits per heavy atom. The monoisotopic (exact) mass is 149 g/mol. The van der Waals surface area contributed by atoms with E-state index in [1.807, 2.05) is 12.1 Å². The van der Waals surface area contributed by atoms with Gasteiger partial charge in [-0.1, -0.05) is 5.16 Å². The first kappa shape index (κ1) is 6.30. The lowest BCUT2D eigenvalue weighted by atomic mass is 10.3. The third kappa shape index (κ3) is 0.969. The van der Waals surface area contributed by atoms with Crippen molar-refractivity contribution in [3.63, 3.8) is 0 Å². The first-order valence-electron chi connectivity index (χ1n) is 3.30. The largest absolute Gasteiger partial charge is 0.355 e. The predicted octanol–water partition coefficient (Wildman–Crippen LogP) is 0.681. The van der Waals surface area contributed by atoms with Crippen LogP contribution in [0.2, 0.25) is 0 Å². The molecule has 0 aliphatic heterocycles. The predicted molar refractivity (Wildman–Crippen MR) is 39.7 cm³/mol. The number of fused-ring (bicyclic) bond motifs is 1. The van der Waals surface area contributed by atoms with Crippen molar-refractivity contribution in [1.82, 2.24) is 10.1 Å². The molecule has 0 amide bonds. The zero-order valence-corrected chi connectivity index (χ0v) is 5.82. The van der Waals surface area contributed by atoms with E-state index in [9.17, 15) is 0 Å². The van der Waals surface area contributed by atoms with Crippen LogP contribution < -0.4 is 5.73 Å². The Hall–Kier alpha value is -1.42. The molecule has 2 aromatic heterocycles. The molecule has 2 aromatic rings. The molecule has 0 aliphatic carbocycles. The fourth-order valence-electron chi connectivity index (χ4n) is 0.921. The van der Waals surface area contributed by atoms with E-state index in [2.05, 4.69) is 10.1 Å². The van der Waals surface area contributed by atoms with E-state index < -0.39 is 0 Å². The Labute approximate surface area is 63.0 Å². The quantitative estimate of drug-likeness (QED) is 0.647. The highest BCUT2D eigenvalue weighted by atomic mass is 16.5.